The van der Waals surface area contributed by atoms with Gasteiger partial charge in [-0.25, -0.2) is 0 Å². The standard InChI is InChI=1S/C21H32O3/c1-4-5-6-14-21(22)24-20-13-8-7-12-19(20)17-10-9-11-18(15-17)23-16(2)3/h9-11,15-16,19-20H,4-8,12-14H2,1-3H3/t19-,20+/m0/s1. The Bertz CT molecular complexity index is 510. The predicted molar refractivity (Wildman–Crippen MR) is 97.4 cm³/mol. The largest absolute Gasteiger partial charge is 0.491 e. The summed E-state index contributed by atoms with van der Waals surface area (Å²) >= 11 is 0. The van der Waals surface area contributed by atoms with Crippen LogP contribution in [0, 0.1) is 0 Å². The predicted octanol–water partition coefficient (Wildman–Crippen LogP) is 5.62. The number of ether oxygens (including phenoxy) is 2. The van der Waals surface area contributed by atoms with Gasteiger partial charge >= 0.3 is 5.97 Å². The fourth-order valence-electron chi connectivity index (χ4n) is 3.46. The zero-order valence-corrected chi connectivity index (χ0v) is 15.4. The second-order valence-electron chi connectivity index (χ2n) is 7.12. The number of esters is 1. The average molecular weight is 332 g/mol. The van der Waals surface area contributed by atoms with Gasteiger partial charge in [0.25, 0.3) is 0 Å². The Morgan fingerprint density at radius 1 is 1.21 bits per heavy atom. The zero-order chi connectivity index (χ0) is 17.4. The molecule has 1 fully saturated rings. The van der Waals surface area contributed by atoms with Crippen molar-refractivity contribution in [3.63, 3.8) is 0 Å². The molecule has 2 rings (SSSR count). The molecule has 0 saturated heterocycles. The minimum atomic E-state index is -0.0325. The van der Waals surface area contributed by atoms with Crippen molar-refractivity contribution in [3.8, 4) is 5.75 Å². The molecule has 1 saturated carbocycles. The highest BCUT2D eigenvalue weighted by molar-refractivity contribution is 5.69. The van der Waals surface area contributed by atoms with Crippen LogP contribution in [-0.4, -0.2) is 18.2 Å². The van der Waals surface area contributed by atoms with Gasteiger partial charge in [-0.05, 0) is 57.2 Å². The molecule has 0 aromatic heterocycles. The molecule has 3 heteroatoms. The van der Waals surface area contributed by atoms with E-state index >= 15 is 0 Å². The second-order valence-corrected chi connectivity index (χ2v) is 7.12. The van der Waals surface area contributed by atoms with E-state index in [-0.39, 0.29) is 18.2 Å². The first-order chi connectivity index (χ1) is 11.6. The Kier molecular flexibility index (Phi) is 7.61. The van der Waals surface area contributed by atoms with Gasteiger partial charge in [0.15, 0.2) is 0 Å². The van der Waals surface area contributed by atoms with Gasteiger partial charge in [-0.15, -0.1) is 0 Å². The highest BCUT2D eigenvalue weighted by Gasteiger charge is 2.29. The van der Waals surface area contributed by atoms with Crippen molar-refractivity contribution in [1.29, 1.82) is 0 Å². The molecule has 2 atom stereocenters. The number of hydrogen-bond acceptors (Lipinski definition) is 3. The quantitative estimate of drug-likeness (QED) is 0.457. The molecule has 1 aromatic carbocycles. The van der Waals surface area contributed by atoms with Crippen LogP contribution in [0.1, 0.15) is 83.6 Å². The van der Waals surface area contributed by atoms with Crippen molar-refractivity contribution in [2.45, 2.75) is 90.3 Å². The molecule has 0 aliphatic heterocycles. The Morgan fingerprint density at radius 2 is 2.00 bits per heavy atom. The second kappa shape index (κ2) is 9.71. The molecule has 0 unspecified atom stereocenters. The minimum Gasteiger partial charge on any atom is -0.491 e. The van der Waals surface area contributed by atoms with Gasteiger partial charge in [0, 0.05) is 12.3 Å². The van der Waals surface area contributed by atoms with Gasteiger partial charge in [0.1, 0.15) is 11.9 Å². The third kappa shape index (κ3) is 5.85. The number of hydrogen-bond donors (Lipinski definition) is 0. The Morgan fingerprint density at radius 3 is 2.75 bits per heavy atom. The third-order valence-electron chi connectivity index (χ3n) is 4.63. The lowest BCUT2D eigenvalue weighted by atomic mass is 9.81. The van der Waals surface area contributed by atoms with Crippen molar-refractivity contribution in [3.05, 3.63) is 29.8 Å². The minimum absolute atomic E-state index is 0.0159. The van der Waals surface area contributed by atoms with Gasteiger partial charge in [-0.1, -0.05) is 38.3 Å². The van der Waals surface area contributed by atoms with E-state index in [1.165, 1.54) is 12.0 Å². The molecule has 0 N–H and O–H groups in total. The molecule has 1 aromatic rings. The normalized spacial score (nSPS) is 20.8. The molecule has 1 aliphatic rings. The Hall–Kier alpha value is -1.51. The van der Waals surface area contributed by atoms with Crippen molar-refractivity contribution in [2.75, 3.05) is 0 Å². The molecular weight excluding hydrogens is 300 g/mol. The number of unbranched alkanes of at least 4 members (excludes halogenated alkanes) is 2. The van der Waals surface area contributed by atoms with Crippen molar-refractivity contribution in [1.82, 2.24) is 0 Å². The summed E-state index contributed by atoms with van der Waals surface area (Å²) in [6, 6.07) is 8.30. The maximum Gasteiger partial charge on any atom is 0.306 e. The van der Waals surface area contributed by atoms with Crippen LogP contribution in [-0.2, 0) is 9.53 Å². The number of benzene rings is 1. The molecule has 0 heterocycles. The van der Waals surface area contributed by atoms with Gasteiger partial charge in [0.05, 0.1) is 6.10 Å². The van der Waals surface area contributed by atoms with E-state index < -0.39 is 0 Å². The van der Waals surface area contributed by atoms with Gasteiger partial charge in [0.2, 0.25) is 0 Å². The summed E-state index contributed by atoms with van der Waals surface area (Å²) in [6.07, 6.45) is 8.28. The smallest absolute Gasteiger partial charge is 0.306 e. The van der Waals surface area contributed by atoms with E-state index in [1.54, 1.807) is 0 Å². The molecule has 134 valence electrons. The highest BCUT2D eigenvalue weighted by Crippen LogP contribution is 2.36. The van der Waals surface area contributed by atoms with E-state index in [1.807, 2.05) is 26.0 Å². The fraction of sp³-hybridized carbons (Fsp3) is 0.667. The van der Waals surface area contributed by atoms with Crippen molar-refractivity contribution in [2.24, 2.45) is 0 Å². The Labute approximate surface area is 146 Å². The summed E-state index contributed by atoms with van der Waals surface area (Å²) in [4.78, 5) is 12.1. The fourth-order valence-corrected chi connectivity index (χ4v) is 3.46. The van der Waals surface area contributed by atoms with Crippen LogP contribution < -0.4 is 4.74 Å². The van der Waals surface area contributed by atoms with Crippen molar-refractivity contribution < 1.29 is 14.3 Å². The molecule has 3 nitrogen and oxygen atoms in total. The molecule has 0 bridgehead atoms. The molecule has 1 aliphatic carbocycles. The van der Waals surface area contributed by atoms with Crippen LogP contribution in [0.5, 0.6) is 5.75 Å². The van der Waals surface area contributed by atoms with Gasteiger partial charge in [-0.2, -0.15) is 0 Å². The topological polar surface area (TPSA) is 35.5 Å². The first-order valence-corrected chi connectivity index (χ1v) is 9.56. The molecule has 24 heavy (non-hydrogen) atoms. The lowest BCUT2D eigenvalue weighted by molar-refractivity contribution is -0.151. The van der Waals surface area contributed by atoms with E-state index in [4.69, 9.17) is 9.47 Å². The first-order valence-electron chi connectivity index (χ1n) is 9.56. The van der Waals surface area contributed by atoms with Crippen LogP contribution in [0.4, 0.5) is 0 Å². The summed E-state index contributed by atoms with van der Waals surface area (Å²) in [5.41, 5.74) is 1.24. The number of carbonyl (C=O) groups excluding carboxylic acids is 1. The van der Waals surface area contributed by atoms with Crippen LogP contribution in [0.15, 0.2) is 24.3 Å². The van der Waals surface area contributed by atoms with E-state index in [2.05, 4.69) is 19.1 Å². The summed E-state index contributed by atoms with van der Waals surface area (Å²) < 4.78 is 11.7. The number of rotatable bonds is 8. The van der Waals surface area contributed by atoms with Gasteiger partial charge < -0.3 is 9.47 Å². The lowest BCUT2D eigenvalue weighted by Gasteiger charge is -2.31. The molecule has 0 radical (unpaired) electrons. The maximum absolute atomic E-state index is 12.1. The van der Waals surface area contributed by atoms with E-state index in [0.717, 1.165) is 44.3 Å². The molecular formula is C21H32O3. The lowest BCUT2D eigenvalue weighted by Crippen LogP contribution is -2.28. The number of carbonyl (C=O) groups is 1. The van der Waals surface area contributed by atoms with E-state index in [0.29, 0.717) is 12.3 Å². The maximum atomic E-state index is 12.1. The molecule has 0 spiro atoms. The van der Waals surface area contributed by atoms with E-state index in [9.17, 15) is 4.79 Å². The summed E-state index contributed by atoms with van der Waals surface area (Å²) in [5.74, 6) is 1.17. The average Bonchev–Trinajstić information content (AvgIpc) is 2.55. The Balaban J connectivity index is 2.02. The van der Waals surface area contributed by atoms with Crippen LogP contribution >= 0.6 is 0 Å². The SMILES string of the molecule is CCCCCC(=O)O[C@@H]1CCCC[C@H]1c1cccc(OC(C)C)c1. The third-order valence-corrected chi connectivity index (χ3v) is 4.63. The summed E-state index contributed by atoms with van der Waals surface area (Å²) in [5, 5.41) is 0. The van der Waals surface area contributed by atoms with Crippen LogP contribution in [0.25, 0.3) is 0 Å². The van der Waals surface area contributed by atoms with Crippen LogP contribution in [0.2, 0.25) is 0 Å². The first kappa shape index (κ1) is 18.8. The highest BCUT2D eigenvalue weighted by atomic mass is 16.5. The molecule has 0 amide bonds. The van der Waals surface area contributed by atoms with Crippen LogP contribution in [0.3, 0.4) is 0 Å². The van der Waals surface area contributed by atoms with Gasteiger partial charge in [-0.3, -0.25) is 4.79 Å². The zero-order valence-electron chi connectivity index (χ0n) is 15.4. The summed E-state index contributed by atoms with van der Waals surface area (Å²) in [7, 11) is 0. The monoisotopic (exact) mass is 332 g/mol. The summed E-state index contributed by atoms with van der Waals surface area (Å²) in [6.45, 7) is 6.22. The van der Waals surface area contributed by atoms with Crippen molar-refractivity contribution >= 4 is 5.97 Å².